The maximum Gasteiger partial charge on any atom is 0.417 e. The van der Waals surface area contributed by atoms with E-state index in [1.165, 1.54) is 16.4 Å². The van der Waals surface area contributed by atoms with Crippen molar-refractivity contribution in [3.05, 3.63) is 62.6 Å². The zero-order valence-corrected chi connectivity index (χ0v) is 23.3. The Hall–Kier alpha value is -1.92. The van der Waals surface area contributed by atoms with E-state index in [-0.39, 0.29) is 62.9 Å². The third kappa shape index (κ3) is 6.44. The van der Waals surface area contributed by atoms with E-state index in [4.69, 9.17) is 39.5 Å². The van der Waals surface area contributed by atoms with E-state index in [2.05, 4.69) is 0 Å². The van der Waals surface area contributed by atoms with Gasteiger partial charge in [0.25, 0.3) is 0 Å². The van der Waals surface area contributed by atoms with Crippen LogP contribution in [0, 0.1) is 5.92 Å². The lowest BCUT2D eigenvalue weighted by molar-refractivity contribution is -0.137. The van der Waals surface area contributed by atoms with E-state index in [1.807, 2.05) is 0 Å². The number of carbonyl (C=O) groups excluding carboxylic acids is 1. The summed E-state index contributed by atoms with van der Waals surface area (Å²) in [6.45, 7) is 1.49. The second-order valence-corrected chi connectivity index (χ2v) is 12.5. The van der Waals surface area contributed by atoms with Crippen LogP contribution in [0.2, 0.25) is 15.1 Å². The number of ether oxygens (including phenoxy) is 1. The number of amides is 2. The van der Waals surface area contributed by atoms with Crippen molar-refractivity contribution in [2.45, 2.75) is 12.1 Å². The Labute approximate surface area is 234 Å². The molecule has 2 unspecified atom stereocenters. The molecule has 2 aliphatic rings. The standard InChI is InChI=1S/C24H25Cl3F3N3O4S/c1-38(35,36)33-9-7-31(8-10-33)23(34)32-12-16(17(13-32)15-5-6-19(25)20(26)11-15)14-37-21-4-2-3-18(22(21)27)24(28,29)30/h2-6,11,16-17H,7-10,12-14H2,1H3. The monoisotopic (exact) mass is 613 g/mol. The van der Waals surface area contributed by atoms with Crippen LogP contribution >= 0.6 is 34.8 Å². The van der Waals surface area contributed by atoms with Gasteiger partial charge in [-0.3, -0.25) is 0 Å². The molecule has 0 bridgehead atoms. The normalized spacial score (nSPS) is 21.1. The minimum Gasteiger partial charge on any atom is -0.492 e. The molecule has 0 aliphatic carbocycles. The molecule has 0 saturated carbocycles. The largest absolute Gasteiger partial charge is 0.492 e. The molecule has 2 atom stereocenters. The lowest BCUT2D eigenvalue weighted by atomic mass is 9.89. The first kappa shape index (κ1) is 29.1. The number of piperazine rings is 1. The number of benzene rings is 2. The summed E-state index contributed by atoms with van der Waals surface area (Å²) in [5.41, 5.74) is -0.186. The van der Waals surface area contributed by atoms with Gasteiger partial charge in [-0.25, -0.2) is 13.2 Å². The van der Waals surface area contributed by atoms with Gasteiger partial charge in [-0.2, -0.15) is 17.5 Å². The number of rotatable bonds is 5. The van der Waals surface area contributed by atoms with Crippen molar-refractivity contribution in [1.82, 2.24) is 14.1 Å². The summed E-state index contributed by atoms with van der Waals surface area (Å²) in [4.78, 5) is 16.6. The third-order valence-electron chi connectivity index (χ3n) is 6.78. The van der Waals surface area contributed by atoms with Gasteiger partial charge in [-0.1, -0.05) is 46.9 Å². The lowest BCUT2D eigenvalue weighted by Gasteiger charge is -2.35. The van der Waals surface area contributed by atoms with Crippen molar-refractivity contribution in [3.8, 4) is 5.75 Å². The Morgan fingerprint density at radius 3 is 2.29 bits per heavy atom. The molecule has 2 aromatic rings. The van der Waals surface area contributed by atoms with Crippen molar-refractivity contribution in [1.29, 1.82) is 0 Å². The number of urea groups is 1. The number of hydrogen-bond acceptors (Lipinski definition) is 4. The molecule has 2 heterocycles. The van der Waals surface area contributed by atoms with Crippen LogP contribution in [0.15, 0.2) is 36.4 Å². The Bertz CT molecular complexity index is 1300. The third-order valence-corrected chi connectivity index (χ3v) is 9.22. The first-order valence-electron chi connectivity index (χ1n) is 11.7. The van der Waals surface area contributed by atoms with Gasteiger partial charge < -0.3 is 14.5 Å². The van der Waals surface area contributed by atoms with Crippen LogP contribution in [0.5, 0.6) is 5.75 Å². The predicted molar refractivity (Wildman–Crippen MR) is 140 cm³/mol. The molecule has 2 aromatic carbocycles. The number of nitrogens with zero attached hydrogens (tertiary/aromatic N) is 3. The van der Waals surface area contributed by atoms with Crippen molar-refractivity contribution in [3.63, 3.8) is 0 Å². The predicted octanol–water partition coefficient (Wildman–Crippen LogP) is 5.46. The first-order valence-corrected chi connectivity index (χ1v) is 14.7. The van der Waals surface area contributed by atoms with Crippen LogP contribution < -0.4 is 4.74 Å². The molecule has 0 N–H and O–H groups in total. The van der Waals surface area contributed by atoms with E-state index >= 15 is 0 Å². The molecule has 0 aromatic heterocycles. The van der Waals surface area contributed by atoms with Crippen LogP contribution in [0.3, 0.4) is 0 Å². The minimum absolute atomic E-state index is 0.00240. The molecule has 7 nitrogen and oxygen atoms in total. The average molecular weight is 615 g/mol. The summed E-state index contributed by atoms with van der Waals surface area (Å²) in [7, 11) is -3.34. The first-order chi connectivity index (χ1) is 17.8. The van der Waals surface area contributed by atoms with Crippen molar-refractivity contribution >= 4 is 50.9 Å². The van der Waals surface area contributed by atoms with E-state index in [1.54, 1.807) is 28.0 Å². The number of alkyl halides is 3. The van der Waals surface area contributed by atoms with Crippen molar-refractivity contribution < 1.29 is 31.1 Å². The van der Waals surface area contributed by atoms with Gasteiger partial charge in [0.1, 0.15) is 5.75 Å². The number of carbonyl (C=O) groups is 1. The molecule has 0 spiro atoms. The van der Waals surface area contributed by atoms with E-state index in [9.17, 15) is 26.4 Å². The van der Waals surface area contributed by atoms with Crippen LogP contribution in [-0.2, 0) is 16.2 Å². The number of likely N-dealkylation sites (tertiary alicyclic amines) is 1. The molecule has 2 fully saturated rings. The Kier molecular flexibility index (Phi) is 8.64. The van der Waals surface area contributed by atoms with E-state index in [0.29, 0.717) is 16.6 Å². The lowest BCUT2D eigenvalue weighted by Crippen LogP contribution is -2.53. The summed E-state index contributed by atoms with van der Waals surface area (Å²) in [6, 6.07) is 8.37. The fourth-order valence-corrected chi connectivity index (χ4v) is 6.19. The van der Waals surface area contributed by atoms with Crippen LogP contribution in [-0.4, -0.2) is 80.7 Å². The smallest absolute Gasteiger partial charge is 0.417 e. The van der Waals surface area contributed by atoms with Gasteiger partial charge in [0.2, 0.25) is 10.0 Å². The number of halogens is 6. The molecule has 38 heavy (non-hydrogen) atoms. The van der Waals surface area contributed by atoms with Gasteiger partial charge in [0.15, 0.2) is 0 Å². The van der Waals surface area contributed by atoms with Gasteiger partial charge in [-0.05, 0) is 29.8 Å². The molecule has 0 radical (unpaired) electrons. The van der Waals surface area contributed by atoms with Gasteiger partial charge >= 0.3 is 12.2 Å². The zero-order valence-electron chi connectivity index (χ0n) is 20.2. The summed E-state index contributed by atoms with van der Waals surface area (Å²) in [5.74, 6) is -0.634. The van der Waals surface area contributed by atoms with Crippen LogP contribution in [0.1, 0.15) is 17.0 Å². The fourth-order valence-electron chi connectivity index (χ4n) is 4.77. The topological polar surface area (TPSA) is 70.2 Å². The highest BCUT2D eigenvalue weighted by Crippen LogP contribution is 2.41. The maximum atomic E-state index is 13.3. The van der Waals surface area contributed by atoms with Crippen molar-refractivity contribution in [2.75, 3.05) is 52.1 Å². The van der Waals surface area contributed by atoms with E-state index < -0.39 is 26.8 Å². The van der Waals surface area contributed by atoms with Gasteiger partial charge in [0, 0.05) is 51.1 Å². The Balaban J connectivity index is 1.52. The second kappa shape index (κ2) is 11.3. The van der Waals surface area contributed by atoms with E-state index in [0.717, 1.165) is 17.9 Å². The Morgan fingerprint density at radius 1 is 1.00 bits per heavy atom. The van der Waals surface area contributed by atoms with Gasteiger partial charge in [0.05, 0.1) is 33.5 Å². The molecule has 208 valence electrons. The molecule has 4 rings (SSSR count). The second-order valence-electron chi connectivity index (χ2n) is 9.30. The minimum atomic E-state index is -4.63. The summed E-state index contributed by atoms with van der Waals surface area (Å²) < 4.78 is 70.6. The SMILES string of the molecule is CS(=O)(=O)N1CCN(C(=O)N2CC(COc3cccc(C(F)(F)F)c3Cl)C(c3ccc(Cl)c(Cl)c3)C2)CC1. The summed E-state index contributed by atoms with van der Waals surface area (Å²) >= 11 is 18.3. The highest BCUT2D eigenvalue weighted by atomic mass is 35.5. The molecule has 2 aliphatic heterocycles. The van der Waals surface area contributed by atoms with Crippen LogP contribution in [0.4, 0.5) is 18.0 Å². The van der Waals surface area contributed by atoms with Gasteiger partial charge in [-0.15, -0.1) is 0 Å². The average Bonchev–Trinajstić information content (AvgIpc) is 3.27. The quantitative estimate of drug-likeness (QED) is 0.449. The molecular weight excluding hydrogens is 590 g/mol. The van der Waals surface area contributed by atoms with Crippen LogP contribution in [0.25, 0.3) is 0 Å². The Morgan fingerprint density at radius 2 is 1.68 bits per heavy atom. The zero-order chi connectivity index (χ0) is 27.8. The molecule has 2 saturated heterocycles. The maximum absolute atomic E-state index is 13.3. The molecule has 14 heteroatoms. The highest BCUT2D eigenvalue weighted by Gasteiger charge is 2.40. The fraction of sp³-hybridized carbons (Fsp3) is 0.458. The molecular formula is C24H25Cl3F3N3O4S. The number of hydrogen-bond donors (Lipinski definition) is 0. The summed E-state index contributed by atoms with van der Waals surface area (Å²) in [6.07, 6.45) is -3.50. The summed E-state index contributed by atoms with van der Waals surface area (Å²) in [5, 5.41) is 0.181. The highest BCUT2D eigenvalue weighted by molar-refractivity contribution is 7.88. The number of sulfonamides is 1. The molecule has 2 amide bonds. The van der Waals surface area contributed by atoms with Crippen molar-refractivity contribution in [2.24, 2.45) is 5.92 Å².